The van der Waals surface area contributed by atoms with Crippen molar-refractivity contribution in [2.75, 3.05) is 0 Å². The SMILES string of the molecule is c1ccc(-c2nnc(CCc3cccc4ccccc34)n2Cc2cccs2)nc1. The van der Waals surface area contributed by atoms with Gasteiger partial charge in [0, 0.05) is 17.5 Å². The fourth-order valence-corrected chi connectivity index (χ4v) is 4.38. The third-order valence-electron chi connectivity index (χ3n) is 5.11. The monoisotopic (exact) mass is 396 g/mol. The standard InChI is InChI=1S/C24H20N4S/c1-2-11-21-18(7-1)8-5-9-19(21)13-14-23-26-27-24(22-12-3-4-15-25-22)28(23)17-20-10-6-16-29-20/h1-12,15-16H,13-14,17H2. The summed E-state index contributed by atoms with van der Waals surface area (Å²) in [5.74, 6) is 1.82. The molecule has 5 aromatic rings. The molecule has 3 heterocycles. The summed E-state index contributed by atoms with van der Waals surface area (Å²) in [6, 6.07) is 25.2. The number of thiophene rings is 1. The van der Waals surface area contributed by atoms with Gasteiger partial charge in [-0.2, -0.15) is 0 Å². The summed E-state index contributed by atoms with van der Waals surface area (Å²) in [4.78, 5) is 5.78. The van der Waals surface area contributed by atoms with Crippen molar-refractivity contribution in [2.45, 2.75) is 19.4 Å². The average Bonchev–Trinajstić information content (AvgIpc) is 3.43. The second-order valence-corrected chi connectivity index (χ2v) is 7.99. The van der Waals surface area contributed by atoms with Gasteiger partial charge in [-0.15, -0.1) is 21.5 Å². The van der Waals surface area contributed by atoms with E-state index in [0.29, 0.717) is 0 Å². The lowest BCUT2D eigenvalue weighted by Crippen LogP contribution is -2.08. The second-order valence-electron chi connectivity index (χ2n) is 6.96. The largest absolute Gasteiger partial charge is 0.304 e. The molecule has 0 aliphatic heterocycles. The Hall–Kier alpha value is -3.31. The Morgan fingerprint density at radius 1 is 0.793 bits per heavy atom. The summed E-state index contributed by atoms with van der Waals surface area (Å²) < 4.78 is 2.21. The maximum Gasteiger partial charge on any atom is 0.182 e. The molecule has 2 aromatic carbocycles. The molecule has 0 saturated carbocycles. The highest BCUT2D eigenvalue weighted by Crippen LogP contribution is 2.23. The number of fused-ring (bicyclic) bond motifs is 1. The molecule has 5 rings (SSSR count). The van der Waals surface area contributed by atoms with Gasteiger partial charge in [0.1, 0.15) is 11.5 Å². The van der Waals surface area contributed by atoms with E-state index in [0.717, 1.165) is 36.7 Å². The van der Waals surface area contributed by atoms with Crippen LogP contribution in [0.5, 0.6) is 0 Å². The lowest BCUT2D eigenvalue weighted by Gasteiger charge is -2.10. The van der Waals surface area contributed by atoms with Crippen molar-refractivity contribution in [1.29, 1.82) is 0 Å². The van der Waals surface area contributed by atoms with Gasteiger partial charge in [0.15, 0.2) is 5.82 Å². The third kappa shape index (κ3) is 3.69. The van der Waals surface area contributed by atoms with Gasteiger partial charge >= 0.3 is 0 Å². The van der Waals surface area contributed by atoms with Crippen LogP contribution in [0.25, 0.3) is 22.3 Å². The fraction of sp³-hybridized carbons (Fsp3) is 0.125. The van der Waals surface area contributed by atoms with Crippen LogP contribution in [0.2, 0.25) is 0 Å². The van der Waals surface area contributed by atoms with Gasteiger partial charge < -0.3 is 4.57 Å². The number of pyridine rings is 1. The van der Waals surface area contributed by atoms with Crippen LogP contribution in [0, 0.1) is 0 Å². The molecular weight excluding hydrogens is 376 g/mol. The van der Waals surface area contributed by atoms with E-state index in [1.807, 2.05) is 18.2 Å². The van der Waals surface area contributed by atoms with Gasteiger partial charge in [0.25, 0.3) is 0 Å². The predicted molar refractivity (Wildman–Crippen MR) is 118 cm³/mol. The Balaban J connectivity index is 1.48. The van der Waals surface area contributed by atoms with E-state index >= 15 is 0 Å². The van der Waals surface area contributed by atoms with Crippen molar-refractivity contribution < 1.29 is 0 Å². The second kappa shape index (κ2) is 7.97. The highest BCUT2D eigenvalue weighted by atomic mass is 32.1. The van der Waals surface area contributed by atoms with Crippen LogP contribution in [0.4, 0.5) is 0 Å². The first-order valence-corrected chi connectivity index (χ1v) is 10.6. The number of nitrogens with zero attached hydrogens (tertiary/aromatic N) is 4. The van der Waals surface area contributed by atoms with E-state index in [1.54, 1.807) is 17.5 Å². The molecule has 0 radical (unpaired) electrons. The topological polar surface area (TPSA) is 43.6 Å². The molecule has 0 atom stereocenters. The van der Waals surface area contributed by atoms with Crippen LogP contribution >= 0.6 is 11.3 Å². The first-order chi connectivity index (χ1) is 14.4. The van der Waals surface area contributed by atoms with Gasteiger partial charge in [0.2, 0.25) is 0 Å². The molecule has 3 aromatic heterocycles. The van der Waals surface area contributed by atoms with Gasteiger partial charge in [-0.25, -0.2) is 0 Å². The Morgan fingerprint density at radius 2 is 1.69 bits per heavy atom. The molecule has 0 spiro atoms. The van der Waals surface area contributed by atoms with Crippen molar-refractivity contribution >= 4 is 22.1 Å². The van der Waals surface area contributed by atoms with Crippen LogP contribution in [0.3, 0.4) is 0 Å². The lowest BCUT2D eigenvalue weighted by molar-refractivity contribution is 0.723. The molecule has 0 aliphatic carbocycles. The Bertz CT molecular complexity index is 1220. The van der Waals surface area contributed by atoms with E-state index in [1.165, 1.54) is 21.2 Å². The zero-order valence-electron chi connectivity index (χ0n) is 15.9. The Labute approximate surface area is 173 Å². The summed E-state index contributed by atoms with van der Waals surface area (Å²) in [5.41, 5.74) is 2.20. The van der Waals surface area contributed by atoms with Crippen molar-refractivity contribution in [3.63, 3.8) is 0 Å². The van der Waals surface area contributed by atoms with Crippen molar-refractivity contribution in [2.24, 2.45) is 0 Å². The predicted octanol–water partition coefficient (Wildman–Crippen LogP) is 5.39. The minimum Gasteiger partial charge on any atom is -0.304 e. The molecule has 0 amide bonds. The molecule has 0 fully saturated rings. The summed E-state index contributed by atoms with van der Waals surface area (Å²) in [6.45, 7) is 0.765. The molecule has 0 bridgehead atoms. The molecule has 0 saturated heterocycles. The number of rotatable bonds is 6. The highest BCUT2D eigenvalue weighted by molar-refractivity contribution is 7.09. The van der Waals surface area contributed by atoms with Crippen LogP contribution < -0.4 is 0 Å². The zero-order valence-corrected chi connectivity index (χ0v) is 16.7. The molecule has 29 heavy (non-hydrogen) atoms. The van der Waals surface area contributed by atoms with Gasteiger partial charge in [-0.05, 0) is 46.3 Å². The molecular formula is C24H20N4S. The molecule has 0 unspecified atom stereocenters. The normalized spacial score (nSPS) is 11.2. The number of hydrogen-bond donors (Lipinski definition) is 0. The van der Waals surface area contributed by atoms with Crippen LogP contribution in [-0.2, 0) is 19.4 Å². The smallest absolute Gasteiger partial charge is 0.182 e. The van der Waals surface area contributed by atoms with Crippen LogP contribution in [-0.4, -0.2) is 19.7 Å². The van der Waals surface area contributed by atoms with E-state index in [2.05, 4.69) is 79.7 Å². The Morgan fingerprint density at radius 3 is 2.55 bits per heavy atom. The lowest BCUT2D eigenvalue weighted by atomic mass is 10.0. The molecule has 4 nitrogen and oxygen atoms in total. The fourth-order valence-electron chi connectivity index (χ4n) is 3.69. The molecule has 5 heteroatoms. The minimum atomic E-state index is 0.765. The molecule has 142 valence electrons. The Kier molecular flexibility index (Phi) is 4.88. The number of aryl methyl sites for hydroxylation is 2. The van der Waals surface area contributed by atoms with E-state index < -0.39 is 0 Å². The first kappa shape index (κ1) is 17.8. The maximum atomic E-state index is 4.55. The highest BCUT2D eigenvalue weighted by Gasteiger charge is 2.16. The van der Waals surface area contributed by atoms with E-state index in [9.17, 15) is 0 Å². The number of benzene rings is 2. The maximum absolute atomic E-state index is 4.55. The summed E-state index contributed by atoms with van der Waals surface area (Å²) in [5, 5.41) is 13.7. The first-order valence-electron chi connectivity index (χ1n) is 9.71. The van der Waals surface area contributed by atoms with Crippen molar-refractivity contribution in [1.82, 2.24) is 19.7 Å². The quantitative estimate of drug-likeness (QED) is 0.387. The average molecular weight is 397 g/mol. The van der Waals surface area contributed by atoms with E-state index in [-0.39, 0.29) is 0 Å². The third-order valence-corrected chi connectivity index (χ3v) is 5.97. The summed E-state index contributed by atoms with van der Waals surface area (Å²) in [7, 11) is 0. The van der Waals surface area contributed by atoms with Gasteiger partial charge in [0.05, 0.1) is 6.54 Å². The molecule has 0 aliphatic rings. The summed E-state index contributed by atoms with van der Waals surface area (Å²) >= 11 is 1.75. The van der Waals surface area contributed by atoms with Gasteiger partial charge in [-0.1, -0.05) is 54.6 Å². The van der Waals surface area contributed by atoms with Gasteiger partial charge in [-0.3, -0.25) is 4.98 Å². The minimum absolute atomic E-state index is 0.765. The number of aromatic nitrogens is 4. The van der Waals surface area contributed by atoms with Crippen molar-refractivity contribution in [3.05, 3.63) is 101 Å². The van der Waals surface area contributed by atoms with E-state index in [4.69, 9.17) is 0 Å². The zero-order chi connectivity index (χ0) is 19.5. The van der Waals surface area contributed by atoms with Crippen molar-refractivity contribution in [3.8, 4) is 11.5 Å². The number of hydrogen-bond acceptors (Lipinski definition) is 4. The van der Waals surface area contributed by atoms with Crippen LogP contribution in [0.15, 0.2) is 84.4 Å². The molecule has 0 N–H and O–H groups in total. The summed E-state index contributed by atoms with van der Waals surface area (Å²) in [6.07, 6.45) is 3.56. The van der Waals surface area contributed by atoms with Crippen LogP contribution in [0.1, 0.15) is 16.3 Å².